The fourth-order valence-electron chi connectivity index (χ4n) is 3.04. The lowest BCUT2D eigenvalue weighted by molar-refractivity contribution is -0.125. The second-order valence-corrected chi connectivity index (χ2v) is 6.01. The summed E-state index contributed by atoms with van der Waals surface area (Å²) in [5.41, 5.74) is 6.01. The van der Waals surface area contributed by atoms with E-state index in [1.54, 1.807) is 6.07 Å². The first kappa shape index (κ1) is 14.1. The molecule has 2 saturated heterocycles. The molecule has 0 aromatic carbocycles. The average Bonchev–Trinajstić information content (AvgIpc) is 2.49. The van der Waals surface area contributed by atoms with Crippen LogP contribution in [-0.4, -0.2) is 40.8 Å². The third-order valence-electron chi connectivity index (χ3n) is 4.23. The second kappa shape index (κ2) is 5.52. The molecule has 6 nitrogen and oxygen atoms in total. The lowest BCUT2D eigenvalue weighted by Crippen LogP contribution is -2.55. The van der Waals surface area contributed by atoms with Crippen LogP contribution in [0.15, 0.2) is 12.3 Å². The minimum absolute atomic E-state index is 0.0836. The number of piperidine rings is 2. The second-order valence-electron chi connectivity index (χ2n) is 5.60. The highest BCUT2D eigenvalue weighted by Crippen LogP contribution is 2.27. The molecule has 112 valence electrons. The summed E-state index contributed by atoms with van der Waals surface area (Å²) in [4.78, 5) is 29.6. The molecule has 2 unspecified atom stereocenters. The molecule has 21 heavy (non-hydrogen) atoms. The topological polar surface area (TPSA) is 88.3 Å². The van der Waals surface area contributed by atoms with Crippen molar-refractivity contribution in [3.05, 3.63) is 22.8 Å². The number of halogens is 1. The van der Waals surface area contributed by atoms with Crippen molar-refractivity contribution in [1.82, 2.24) is 15.2 Å². The van der Waals surface area contributed by atoms with Crippen molar-refractivity contribution in [3.8, 4) is 0 Å². The number of hydrogen-bond donors (Lipinski definition) is 2. The Bertz CT molecular complexity index is 592. The van der Waals surface area contributed by atoms with Gasteiger partial charge in [0, 0.05) is 31.7 Å². The highest BCUT2D eigenvalue weighted by Gasteiger charge is 2.35. The van der Waals surface area contributed by atoms with E-state index < -0.39 is 0 Å². The number of carbonyl (C=O) groups excluding carboxylic acids is 2. The highest BCUT2D eigenvalue weighted by atomic mass is 35.5. The van der Waals surface area contributed by atoms with E-state index in [9.17, 15) is 9.59 Å². The minimum Gasteiger partial charge on any atom is -0.382 e. The lowest BCUT2D eigenvalue weighted by Gasteiger charge is -2.41. The van der Waals surface area contributed by atoms with E-state index in [0.29, 0.717) is 36.0 Å². The lowest BCUT2D eigenvalue weighted by atomic mass is 9.85. The summed E-state index contributed by atoms with van der Waals surface area (Å²) < 4.78 is 0. The molecule has 3 rings (SSSR count). The molecule has 1 aromatic heterocycles. The van der Waals surface area contributed by atoms with Gasteiger partial charge in [-0.3, -0.25) is 9.59 Å². The van der Waals surface area contributed by atoms with E-state index in [-0.39, 0.29) is 23.7 Å². The molecule has 0 bridgehead atoms. The molecule has 2 amide bonds. The molecule has 0 radical (unpaired) electrons. The van der Waals surface area contributed by atoms with Crippen molar-refractivity contribution in [3.63, 3.8) is 0 Å². The van der Waals surface area contributed by atoms with Gasteiger partial charge in [-0.15, -0.1) is 0 Å². The third kappa shape index (κ3) is 2.81. The Morgan fingerprint density at radius 2 is 2.29 bits per heavy atom. The SMILES string of the molecule is Nc1ncc(C(=O)N2CCC3NC(=O)CCC3C2)cc1Cl. The molecule has 2 aliphatic rings. The number of nitrogens with zero attached hydrogens (tertiary/aromatic N) is 2. The molecule has 2 fully saturated rings. The summed E-state index contributed by atoms with van der Waals surface area (Å²) in [5, 5.41) is 3.30. The summed E-state index contributed by atoms with van der Waals surface area (Å²) in [6.07, 6.45) is 3.62. The maximum Gasteiger partial charge on any atom is 0.255 e. The van der Waals surface area contributed by atoms with Gasteiger partial charge in [-0.2, -0.15) is 0 Å². The predicted molar refractivity (Wildman–Crippen MR) is 78.8 cm³/mol. The summed E-state index contributed by atoms with van der Waals surface area (Å²) in [5.74, 6) is 0.588. The first-order chi connectivity index (χ1) is 10.0. The van der Waals surface area contributed by atoms with E-state index in [0.717, 1.165) is 12.8 Å². The predicted octanol–water partition coefficient (Wildman–Crippen LogP) is 1.06. The number of nitrogens with one attached hydrogen (secondary N) is 1. The number of likely N-dealkylation sites (tertiary alicyclic amines) is 1. The molecule has 0 spiro atoms. The van der Waals surface area contributed by atoms with Gasteiger partial charge in [0.15, 0.2) is 0 Å². The number of anilines is 1. The molecule has 0 aliphatic carbocycles. The Morgan fingerprint density at radius 3 is 3.05 bits per heavy atom. The minimum atomic E-state index is -0.0836. The Morgan fingerprint density at radius 1 is 1.48 bits per heavy atom. The summed E-state index contributed by atoms with van der Waals surface area (Å²) in [6.45, 7) is 1.29. The van der Waals surface area contributed by atoms with Gasteiger partial charge in [0.25, 0.3) is 5.91 Å². The quantitative estimate of drug-likeness (QED) is 0.812. The van der Waals surface area contributed by atoms with Crippen LogP contribution in [0.25, 0.3) is 0 Å². The highest BCUT2D eigenvalue weighted by molar-refractivity contribution is 6.33. The van der Waals surface area contributed by atoms with E-state index in [4.69, 9.17) is 17.3 Å². The van der Waals surface area contributed by atoms with Crippen LogP contribution in [0.4, 0.5) is 5.82 Å². The Balaban J connectivity index is 1.71. The summed E-state index contributed by atoms with van der Waals surface area (Å²) in [6, 6.07) is 1.75. The van der Waals surface area contributed by atoms with Gasteiger partial charge in [-0.05, 0) is 24.8 Å². The number of hydrogen-bond acceptors (Lipinski definition) is 4. The van der Waals surface area contributed by atoms with Crippen LogP contribution < -0.4 is 11.1 Å². The first-order valence-electron chi connectivity index (χ1n) is 7.04. The number of rotatable bonds is 1. The van der Waals surface area contributed by atoms with Crippen molar-refractivity contribution < 1.29 is 9.59 Å². The molecule has 3 heterocycles. The van der Waals surface area contributed by atoms with Crippen LogP contribution in [0, 0.1) is 5.92 Å². The van der Waals surface area contributed by atoms with Gasteiger partial charge in [0.1, 0.15) is 5.82 Å². The van der Waals surface area contributed by atoms with Crippen molar-refractivity contribution in [2.45, 2.75) is 25.3 Å². The van der Waals surface area contributed by atoms with Gasteiger partial charge in [0.05, 0.1) is 10.6 Å². The number of pyridine rings is 1. The Hall–Kier alpha value is -1.82. The van der Waals surface area contributed by atoms with E-state index >= 15 is 0 Å². The van der Waals surface area contributed by atoms with E-state index in [1.807, 2.05) is 4.90 Å². The molecular formula is C14H17ClN4O2. The maximum atomic E-state index is 12.5. The zero-order chi connectivity index (χ0) is 15.0. The van der Waals surface area contributed by atoms with Crippen molar-refractivity contribution in [2.75, 3.05) is 18.8 Å². The normalized spacial score (nSPS) is 25.2. The summed E-state index contributed by atoms with van der Waals surface area (Å²) >= 11 is 5.92. The van der Waals surface area contributed by atoms with E-state index in [1.165, 1.54) is 6.20 Å². The number of fused-ring (bicyclic) bond motifs is 1. The van der Waals surface area contributed by atoms with Gasteiger partial charge in [-0.25, -0.2) is 4.98 Å². The van der Waals surface area contributed by atoms with Crippen molar-refractivity contribution in [2.24, 2.45) is 5.92 Å². The number of amides is 2. The van der Waals surface area contributed by atoms with Crippen molar-refractivity contribution >= 4 is 29.2 Å². The molecule has 0 saturated carbocycles. The fourth-order valence-corrected chi connectivity index (χ4v) is 3.21. The molecule has 3 N–H and O–H groups in total. The van der Waals surface area contributed by atoms with Crippen LogP contribution in [-0.2, 0) is 4.79 Å². The number of nitrogen functional groups attached to an aromatic ring is 1. The molecule has 1 aromatic rings. The molecule has 2 aliphatic heterocycles. The zero-order valence-electron chi connectivity index (χ0n) is 11.5. The Kier molecular flexibility index (Phi) is 3.71. The largest absolute Gasteiger partial charge is 0.382 e. The van der Waals surface area contributed by atoms with Crippen LogP contribution in [0.1, 0.15) is 29.6 Å². The number of aromatic nitrogens is 1. The number of carbonyl (C=O) groups is 2. The summed E-state index contributed by atoms with van der Waals surface area (Å²) in [7, 11) is 0. The first-order valence-corrected chi connectivity index (χ1v) is 7.42. The van der Waals surface area contributed by atoms with Gasteiger partial charge < -0.3 is 16.0 Å². The van der Waals surface area contributed by atoms with Gasteiger partial charge >= 0.3 is 0 Å². The average molecular weight is 309 g/mol. The monoisotopic (exact) mass is 308 g/mol. The Labute approximate surface area is 127 Å². The van der Waals surface area contributed by atoms with E-state index in [2.05, 4.69) is 10.3 Å². The number of nitrogens with two attached hydrogens (primary N) is 1. The van der Waals surface area contributed by atoms with Crippen LogP contribution in [0.2, 0.25) is 5.02 Å². The van der Waals surface area contributed by atoms with Gasteiger partial charge in [-0.1, -0.05) is 11.6 Å². The van der Waals surface area contributed by atoms with Crippen LogP contribution in [0.3, 0.4) is 0 Å². The van der Waals surface area contributed by atoms with Crippen LogP contribution >= 0.6 is 11.6 Å². The molecule has 2 atom stereocenters. The maximum absolute atomic E-state index is 12.5. The third-order valence-corrected chi connectivity index (χ3v) is 4.53. The standard InChI is InChI=1S/C14H17ClN4O2/c15-10-5-9(6-17-13(10)16)14(21)19-4-3-11-8(7-19)1-2-12(20)18-11/h5-6,8,11H,1-4,7H2,(H2,16,17)(H,18,20). The molecule has 7 heteroatoms. The fraction of sp³-hybridized carbons (Fsp3) is 0.500. The van der Waals surface area contributed by atoms with Crippen LogP contribution in [0.5, 0.6) is 0 Å². The smallest absolute Gasteiger partial charge is 0.255 e. The van der Waals surface area contributed by atoms with Crippen molar-refractivity contribution in [1.29, 1.82) is 0 Å². The zero-order valence-corrected chi connectivity index (χ0v) is 12.3. The molecular weight excluding hydrogens is 292 g/mol. The van der Waals surface area contributed by atoms with Gasteiger partial charge in [0.2, 0.25) is 5.91 Å².